The third kappa shape index (κ3) is 3.56. The second-order valence-electron chi connectivity index (χ2n) is 5.53. The van der Waals surface area contributed by atoms with Gasteiger partial charge in [-0.05, 0) is 18.6 Å². The zero-order valence-electron chi connectivity index (χ0n) is 13.7. The van der Waals surface area contributed by atoms with E-state index in [0.29, 0.717) is 23.0 Å². The molecule has 1 aromatic rings. The molecule has 0 radical (unpaired) electrons. The highest BCUT2D eigenvalue weighted by atomic mass is 35.5. The van der Waals surface area contributed by atoms with E-state index in [4.69, 9.17) is 16.3 Å². The van der Waals surface area contributed by atoms with Crippen molar-refractivity contribution in [3.63, 3.8) is 0 Å². The molecule has 3 rings (SSSR count). The molecule has 1 atom stereocenters. The molecule has 1 N–H and O–H groups in total. The van der Waals surface area contributed by atoms with E-state index < -0.39 is 11.9 Å². The summed E-state index contributed by atoms with van der Waals surface area (Å²) in [6.07, 6.45) is 5.31. The Hall–Kier alpha value is -2.66. The topological polar surface area (TPSA) is 67.8 Å². The van der Waals surface area contributed by atoms with Crippen LogP contribution in [0.2, 0.25) is 0 Å². The predicted molar refractivity (Wildman–Crippen MR) is 95.9 cm³/mol. The molecule has 0 saturated carbocycles. The maximum absolute atomic E-state index is 12.4. The van der Waals surface area contributed by atoms with E-state index in [9.17, 15) is 9.59 Å². The van der Waals surface area contributed by atoms with Gasteiger partial charge in [-0.15, -0.1) is 0 Å². The normalized spacial score (nSPS) is 19.1. The Morgan fingerprint density at radius 3 is 2.80 bits per heavy atom. The minimum Gasteiger partial charge on any atom is -0.462 e. The number of amides is 1. The molecule has 5 nitrogen and oxygen atoms in total. The average molecular weight is 357 g/mol. The van der Waals surface area contributed by atoms with Gasteiger partial charge in [-0.2, -0.15) is 0 Å². The van der Waals surface area contributed by atoms with Crippen molar-refractivity contribution in [1.29, 1.82) is 0 Å². The van der Waals surface area contributed by atoms with Gasteiger partial charge >= 0.3 is 5.97 Å². The van der Waals surface area contributed by atoms with E-state index in [-0.39, 0.29) is 18.1 Å². The molecule has 0 saturated heterocycles. The maximum atomic E-state index is 12.4. The lowest BCUT2D eigenvalue weighted by molar-refractivity contribution is -0.140. The highest BCUT2D eigenvalue weighted by Gasteiger charge is 2.36. The molecule has 1 aromatic carbocycles. The van der Waals surface area contributed by atoms with Gasteiger partial charge in [0.05, 0.1) is 23.3 Å². The van der Waals surface area contributed by atoms with Crippen LogP contribution in [-0.4, -0.2) is 24.2 Å². The van der Waals surface area contributed by atoms with E-state index in [1.807, 2.05) is 36.4 Å². The number of nitrogens with one attached hydrogen (secondary N) is 1. The summed E-state index contributed by atoms with van der Waals surface area (Å²) < 4.78 is 5.04. The summed E-state index contributed by atoms with van der Waals surface area (Å²) in [5.41, 5.74) is 1.87. The van der Waals surface area contributed by atoms with Crippen molar-refractivity contribution < 1.29 is 14.3 Å². The summed E-state index contributed by atoms with van der Waals surface area (Å²) in [5.74, 6) is -1.69. The molecule has 0 spiro atoms. The van der Waals surface area contributed by atoms with Gasteiger partial charge in [-0.25, -0.2) is 9.79 Å². The van der Waals surface area contributed by atoms with Gasteiger partial charge in [-0.3, -0.25) is 4.79 Å². The first-order valence-corrected chi connectivity index (χ1v) is 8.36. The van der Waals surface area contributed by atoms with Crippen LogP contribution < -0.4 is 5.32 Å². The molecule has 128 valence electrons. The lowest BCUT2D eigenvalue weighted by Gasteiger charge is -2.27. The lowest BCUT2D eigenvalue weighted by atomic mass is 9.88. The van der Waals surface area contributed by atoms with E-state index in [0.717, 1.165) is 5.56 Å². The van der Waals surface area contributed by atoms with E-state index in [1.54, 1.807) is 19.1 Å². The number of dihydropyridines is 1. The zero-order chi connectivity index (χ0) is 17.8. The molecule has 0 aromatic heterocycles. The van der Waals surface area contributed by atoms with Crippen LogP contribution in [0.25, 0.3) is 0 Å². The maximum Gasteiger partial charge on any atom is 0.345 e. The summed E-state index contributed by atoms with van der Waals surface area (Å²) in [6.45, 7) is 2.34. The van der Waals surface area contributed by atoms with Gasteiger partial charge in [0.2, 0.25) is 0 Å². The highest BCUT2D eigenvalue weighted by molar-refractivity contribution is 6.46. The number of halogens is 1. The quantitative estimate of drug-likeness (QED) is 0.650. The van der Waals surface area contributed by atoms with Crippen molar-refractivity contribution in [3.8, 4) is 0 Å². The average Bonchev–Trinajstić information content (AvgIpc) is 2.61. The summed E-state index contributed by atoms with van der Waals surface area (Å²) >= 11 is 6.19. The van der Waals surface area contributed by atoms with E-state index in [2.05, 4.69) is 10.3 Å². The number of esters is 1. The number of hydrogen-bond acceptors (Lipinski definition) is 4. The number of rotatable bonds is 5. The Bertz CT molecular complexity index is 822. The van der Waals surface area contributed by atoms with Gasteiger partial charge in [0.1, 0.15) is 5.57 Å². The van der Waals surface area contributed by atoms with Crippen LogP contribution in [0.4, 0.5) is 0 Å². The summed E-state index contributed by atoms with van der Waals surface area (Å²) in [5, 5.41) is 3.61. The van der Waals surface area contributed by atoms with Crippen molar-refractivity contribution in [1.82, 2.24) is 5.32 Å². The fraction of sp³-hybridized carbons (Fsp3) is 0.211. The number of fused-ring (bicyclic) bond motifs is 1. The predicted octanol–water partition coefficient (Wildman–Crippen LogP) is 2.88. The molecule has 0 fully saturated rings. The van der Waals surface area contributed by atoms with Gasteiger partial charge in [-0.1, -0.05) is 54.1 Å². The van der Waals surface area contributed by atoms with Gasteiger partial charge in [0.25, 0.3) is 5.91 Å². The van der Waals surface area contributed by atoms with Crippen LogP contribution in [-0.2, 0) is 20.9 Å². The van der Waals surface area contributed by atoms with Crippen LogP contribution in [0.3, 0.4) is 0 Å². The molecular formula is C19H17ClN2O3. The SMILES string of the molecule is CCOC(=O)C1=C(NCc2ccccc2)C2C=CC=C(Cl)C2=NC1=O. The molecular weight excluding hydrogens is 340 g/mol. The Morgan fingerprint density at radius 2 is 2.08 bits per heavy atom. The van der Waals surface area contributed by atoms with Crippen molar-refractivity contribution in [3.05, 3.63) is 70.4 Å². The van der Waals surface area contributed by atoms with Crippen LogP contribution in [0.1, 0.15) is 12.5 Å². The van der Waals surface area contributed by atoms with Crippen LogP contribution in [0.5, 0.6) is 0 Å². The minimum absolute atomic E-state index is 0.0671. The second-order valence-corrected chi connectivity index (χ2v) is 5.93. The third-order valence-electron chi connectivity index (χ3n) is 3.91. The van der Waals surface area contributed by atoms with Gasteiger partial charge in [0.15, 0.2) is 0 Å². The number of carbonyl (C=O) groups excluding carboxylic acids is 2. The number of allylic oxidation sites excluding steroid dienone is 4. The molecule has 25 heavy (non-hydrogen) atoms. The number of hydrogen-bond donors (Lipinski definition) is 1. The smallest absolute Gasteiger partial charge is 0.345 e. The molecule has 1 amide bonds. The molecule has 0 bridgehead atoms. The minimum atomic E-state index is -0.676. The van der Waals surface area contributed by atoms with Gasteiger partial charge < -0.3 is 10.1 Å². The summed E-state index contributed by atoms with van der Waals surface area (Å²) in [6, 6.07) is 9.70. The number of aliphatic imine (C=N–C) groups is 1. The van der Waals surface area contributed by atoms with Crippen molar-refractivity contribution in [2.75, 3.05) is 6.61 Å². The first-order valence-electron chi connectivity index (χ1n) is 7.98. The van der Waals surface area contributed by atoms with E-state index >= 15 is 0 Å². The monoisotopic (exact) mass is 356 g/mol. The Balaban J connectivity index is 1.97. The summed E-state index contributed by atoms with van der Waals surface area (Å²) in [7, 11) is 0. The molecule has 1 heterocycles. The molecule has 1 aliphatic heterocycles. The fourth-order valence-corrected chi connectivity index (χ4v) is 2.99. The lowest BCUT2D eigenvalue weighted by Crippen LogP contribution is -2.36. The van der Waals surface area contributed by atoms with Crippen LogP contribution >= 0.6 is 11.6 Å². The zero-order valence-corrected chi connectivity index (χ0v) is 14.4. The van der Waals surface area contributed by atoms with Crippen LogP contribution in [0, 0.1) is 5.92 Å². The fourth-order valence-electron chi connectivity index (χ4n) is 2.76. The first-order chi connectivity index (χ1) is 12.1. The summed E-state index contributed by atoms with van der Waals surface area (Å²) in [4.78, 5) is 28.7. The number of ether oxygens (including phenoxy) is 1. The Labute approximate surface area is 150 Å². The molecule has 1 aliphatic carbocycles. The van der Waals surface area contributed by atoms with Crippen molar-refractivity contribution in [2.24, 2.45) is 10.9 Å². The molecule has 6 heteroatoms. The molecule has 2 aliphatic rings. The third-order valence-corrected chi connectivity index (χ3v) is 4.23. The van der Waals surface area contributed by atoms with Gasteiger partial charge in [0, 0.05) is 12.2 Å². The standard InChI is InChI=1S/C19H17ClN2O3/c1-2-25-19(24)15-17(21-11-12-7-4-3-5-8-12)13-9-6-10-14(20)16(13)22-18(15)23/h3-10,13,21H,2,11H2,1H3. The Kier molecular flexibility index (Phi) is 5.14. The van der Waals surface area contributed by atoms with Crippen molar-refractivity contribution in [2.45, 2.75) is 13.5 Å². The number of carbonyl (C=O) groups is 2. The largest absolute Gasteiger partial charge is 0.462 e. The highest BCUT2D eigenvalue weighted by Crippen LogP contribution is 2.31. The van der Waals surface area contributed by atoms with Crippen LogP contribution in [0.15, 0.2) is 69.9 Å². The first kappa shape index (κ1) is 17.2. The number of benzene rings is 1. The van der Waals surface area contributed by atoms with E-state index in [1.165, 1.54) is 0 Å². The Morgan fingerprint density at radius 1 is 1.32 bits per heavy atom. The molecule has 1 unspecified atom stereocenters. The second kappa shape index (κ2) is 7.49. The number of nitrogens with zero attached hydrogens (tertiary/aromatic N) is 1. The van der Waals surface area contributed by atoms with Crippen molar-refractivity contribution >= 4 is 29.2 Å².